The number of likely N-dealkylation sites (tertiary alicyclic amines) is 2. The minimum Gasteiger partial charge on any atom is -0.303 e. The van der Waals surface area contributed by atoms with Gasteiger partial charge in [-0.15, -0.1) is 5.92 Å². The van der Waals surface area contributed by atoms with E-state index in [9.17, 15) is 0 Å². The van der Waals surface area contributed by atoms with Gasteiger partial charge in [0.15, 0.2) is 0 Å². The predicted octanol–water partition coefficient (Wildman–Crippen LogP) is 1.96. The van der Waals surface area contributed by atoms with Gasteiger partial charge in [-0.05, 0) is 64.8 Å². The zero-order valence-electron chi connectivity index (χ0n) is 10.4. The van der Waals surface area contributed by atoms with Crippen LogP contribution in [0.25, 0.3) is 0 Å². The Kier molecular flexibility index (Phi) is 5.18. The molecule has 0 aromatic carbocycles. The maximum atomic E-state index is 3.32. The molecule has 2 aliphatic rings. The molecule has 0 radical (unpaired) electrons. The SMILES string of the molecule is C(#CCN1CCCC1)CCCN1CCCC1. The van der Waals surface area contributed by atoms with Gasteiger partial charge in [-0.1, -0.05) is 5.92 Å². The van der Waals surface area contributed by atoms with Crippen LogP contribution in [0.4, 0.5) is 0 Å². The first-order valence-corrected chi connectivity index (χ1v) is 6.85. The van der Waals surface area contributed by atoms with E-state index in [1.807, 2.05) is 0 Å². The third-order valence-corrected chi connectivity index (χ3v) is 3.60. The fourth-order valence-electron chi connectivity index (χ4n) is 2.59. The lowest BCUT2D eigenvalue weighted by Crippen LogP contribution is -2.20. The molecule has 0 aromatic heterocycles. The highest BCUT2D eigenvalue weighted by Gasteiger charge is 2.10. The number of unbranched alkanes of at least 4 members (excludes halogenated alkanes) is 1. The summed E-state index contributed by atoms with van der Waals surface area (Å²) >= 11 is 0. The van der Waals surface area contributed by atoms with Crippen LogP contribution in [-0.4, -0.2) is 49.1 Å². The summed E-state index contributed by atoms with van der Waals surface area (Å²) in [5, 5.41) is 0. The molecule has 0 saturated carbocycles. The normalized spacial score (nSPS) is 22.2. The molecule has 0 atom stereocenters. The topological polar surface area (TPSA) is 6.48 Å². The molecule has 2 aliphatic heterocycles. The molecular formula is C14H24N2. The molecule has 0 spiro atoms. The molecule has 2 heteroatoms. The summed E-state index contributed by atoms with van der Waals surface area (Å²) in [6.45, 7) is 7.44. The van der Waals surface area contributed by atoms with Crippen molar-refractivity contribution < 1.29 is 0 Å². The molecule has 0 N–H and O–H groups in total. The van der Waals surface area contributed by atoms with E-state index >= 15 is 0 Å². The Labute approximate surface area is 100.0 Å². The summed E-state index contributed by atoms with van der Waals surface area (Å²) in [5.74, 6) is 6.63. The highest BCUT2D eigenvalue weighted by Crippen LogP contribution is 2.08. The van der Waals surface area contributed by atoms with E-state index in [1.165, 1.54) is 64.8 Å². The molecule has 0 bridgehead atoms. The Morgan fingerprint density at radius 2 is 1.38 bits per heavy atom. The summed E-state index contributed by atoms with van der Waals surface area (Å²) in [4.78, 5) is 5.04. The third-order valence-electron chi connectivity index (χ3n) is 3.60. The standard InChI is InChI=1S/C14H24N2/c1(3-9-15-11-5-6-12-15)2-4-10-16-13-7-8-14-16/h1,3,5-14H2. The van der Waals surface area contributed by atoms with Gasteiger partial charge in [0.1, 0.15) is 0 Å². The van der Waals surface area contributed by atoms with Crippen molar-refractivity contribution in [1.82, 2.24) is 9.80 Å². The van der Waals surface area contributed by atoms with E-state index in [0.29, 0.717) is 0 Å². The molecule has 2 heterocycles. The van der Waals surface area contributed by atoms with Gasteiger partial charge in [-0.3, -0.25) is 4.90 Å². The van der Waals surface area contributed by atoms with Crippen LogP contribution in [0.1, 0.15) is 38.5 Å². The van der Waals surface area contributed by atoms with Crippen LogP contribution < -0.4 is 0 Å². The van der Waals surface area contributed by atoms with Gasteiger partial charge >= 0.3 is 0 Å². The Morgan fingerprint density at radius 3 is 2.06 bits per heavy atom. The molecule has 0 unspecified atom stereocenters. The minimum atomic E-state index is 1.00. The second kappa shape index (κ2) is 6.93. The Balaban J connectivity index is 1.48. The van der Waals surface area contributed by atoms with Gasteiger partial charge in [0.2, 0.25) is 0 Å². The molecule has 2 rings (SSSR count). The van der Waals surface area contributed by atoms with E-state index in [4.69, 9.17) is 0 Å². The zero-order valence-corrected chi connectivity index (χ0v) is 10.4. The van der Waals surface area contributed by atoms with Crippen molar-refractivity contribution >= 4 is 0 Å². The lowest BCUT2D eigenvalue weighted by atomic mass is 10.3. The second-order valence-electron chi connectivity index (χ2n) is 4.99. The second-order valence-corrected chi connectivity index (χ2v) is 4.99. The summed E-state index contributed by atoms with van der Waals surface area (Å²) in [7, 11) is 0. The quantitative estimate of drug-likeness (QED) is 0.528. The Morgan fingerprint density at radius 1 is 0.750 bits per heavy atom. The van der Waals surface area contributed by atoms with E-state index in [2.05, 4.69) is 21.6 Å². The molecule has 90 valence electrons. The van der Waals surface area contributed by atoms with Crippen LogP contribution >= 0.6 is 0 Å². The molecule has 2 fully saturated rings. The molecule has 0 aliphatic carbocycles. The van der Waals surface area contributed by atoms with Crippen molar-refractivity contribution in [3.63, 3.8) is 0 Å². The van der Waals surface area contributed by atoms with Crippen LogP contribution in [0.3, 0.4) is 0 Å². The molecule has 0 aromatic rings. The van der Waals surface area contributed by atoms with E-state index in [0.717, 1.165) is 13.0 Å². The maximum absolute atomic E-state index is 3.32. The van der Waals surface area contributed by atoms with Crippen molar-refractivity contribution in [1.29, 1.82) is 0 Å². The van der Waals surface area contributed by atoms with Gasteiger partial charge in [0.25, 0.3) is 0 Å². The van der Waals surface area contributed by atoms with Crippen LogP contribution in [0.5, 0.6) is 0 Å². The Hall–Kier alpha value is -0.520. The average Bonchev–Trinajstić information content (AvgIpc) is 2.96. The van der Waals surface area contributed by atoms with E-state index in [-0.39, 0.29) is 0 Å². The summed E-state index contributed by atoms with van der Waals surface area (Å²) < 4.78 is 0. The predicted molar refractivity (Wildman–Crippen MR) is 68.4 cm³/mol. The fraction of sp³-hybridized carbons (Fsp3) is 0.857. The summed E-state index contributed by atoms with van der Waals surface area (Å²) in [6, 6.07) is 0. The molecular weight excluding hydrogens is 196 g/mol. The van der Waals surface area contributed by atoms with Crippen molar-refractivity contribution in [3.05, 3.63) is 0 Å². The third kappa shape index (κ3) is 4.15. The first kappa shape index (κ1) is 12.0. The van der Waals surface area contributed by atoms with Gasteiger partial charge in [-0.25, -0.2) is 0 Å². The molecule has 0 amide bonds. The highest BCUT2D eigenvalue weighted by molar-refractivity contribution is 5.01. The van der Waals surface area contributed by atoms with Crippen molar-refractivity contribution in [2.75, 3.05) is 39.3 Å². The zero-order chi connectivity index (χ0) is 11.1. The van der Waals surface area contributed by atoms with Gasteiger partial charge in [-0.2, -0.15) is 0 Å². The smallest absolute Gasteiger partial charge is 0.0601 e. The van der Waals surface area contributed by atoms with Gasteiger partial charge in [0.05, 0.1) is 6.54 Å². The number of rotatable bonds is 4. The average molecular weight is 220 g/mol. The molecule has 2 saturated heterocycles. The van der Waals surface area contributed by atoms with Crippen LogP contribution in [0, 0.1) is 11.8 Å². The van der Waals surface area contributed by atoms with E-state index in [1.54, 1.807) is 0 Å². The minimum absolute atomic E-state index is 1.00. The number of hydrogen-bond donors (Lipinski definition) is 0. The summed E-state index contributed by atoms with van der Waals surface area (Å²) in [6.07, 6.45) is 7.89. The van der Waals surface area contributed by atoms with Gasteiger partial charge < -0.3 is 4.90 Å². The van der Waals surface area contributed by atoms with Crippen molar-refractivity contribution in [2.45, 2.75) is 38.5 Å². The lowest BCUT2D eigenvalue weighted by Gasteiger charge is -2.12. The first-order valence-electron chi connectivity index (χ1n) is 6.85. The van der Waals surface area contributed by atoms with Crippen LogP contribution in [0.2, 0.25) is 0 Å². The van der Waals surface area contributed by atoms with Crippen LogP contribution in [-0.2, 0) is 0 Å². The lowest BCUT2D eigenvalue weighted by molar-refractivity contribution is 0.335. The van der Waals surface area contributed by atoms with Crippen molar-refractivity contribution in [2.24, 2.45) is 0 Å². The fourth-order valence-corrected chi connectivity index (χ4v) is 2.59. The largest absolute Gasteiger partial charge is 0.303 e. The highest BCUT2D eigenvalue weighted by atomic mass is 15.1. The molecule has 2 nitrogen and oxygen atoms in total. The maximum Gasteiger partial charge on any atom is 0.0601 e. The van der Waals surface area contributed by atoms with Crippen molar-refractivity contribution in [3.8, 4) is 11.8 Å². The number of hydrogen-bond acceptors (Lipinski definition) is 2. The monoisotopic (exact) mass is 220 g/mol. The van der Waals surface area contributed by atoms with Crippen LogP contribution in [0.15, 0.2) is 0 Å². The number of nitrogens with zero attached hydrogens (tertiary/aromatic N) is 2. The van der Waals surface area contributed by atoms with E-state index < -0.39 is 0 Å². The molecule has 16 heavy (non-hydrogen) atoms. The Bertz CT molecular complexity index is 239. The summed E-state index contributed by atoms with van der Waals surface area (Å²) in [5.41, 5.74) is 0. The first-order chi connectivity index (χ1) is 7.95. The van der Waals surface area contributed by atoms with Gasteiger partial charge in [0, 0.05) is 6.42 Å².